The SMILES string of the molecule is CC[C@H](Cc1ccc(C(F)(F)F)cc1)C[C@@H](CN)C(=O)O. The second kappa shape index (κ2) is 7.45. The number of hydrogen-bond donors (Lipinski definition) is 2. The van der Waals surface area contributed by atoms with Crippen molar-refractivity contribution in [3.63, 3.8) is 0 Å². The van der Waals surface area contributed by atoms with Crippen LogP contribution in [0, 0.1) is 11.8 Å². The third-order valence-electron chi connectivity index (χ3n) is 3.63. The predicted molar refractivity (Wildman–Crippen MR) is 73.7 cm³/mol. The lowest BCUT2D eigenvalue weighted by Gasteiger charge is -2.19. The summed E-state index contributed by atoms with van der Waals surface area (Å²) in [6.45, 7) is 2.00. The molecule has 2 atom stereocenters. The Bertz CT molecular complexity index is 457. The molecule has 0 unspecified atom stereocenters. The van der Waals surface area contributed by atoms with Crippen LogP contribution in [0.15, 0.2) is 24.3 Å². The molecule has 0 saturated carbocycles. The third kappa shape index (κ3) is 5.38. The number of benzene rings is 1. The van der Waals surface area contributed by atoms with Crippen LogP contribution < -0.4 is 5.73 Å². The molecule has 0 amide bonds. The van der Waals surface area contributed by atoms with Crippen molar-refractivity contribution >= 4 is 5.97 Å². The molecule has 6 heteroatoms. The second-order valence-electron chi connectivity index (χ2n) is 5.18. The summed E-state index contributed by atoms with van der Waals surface area (Å²) in [5, 5.41) is 9.00. The van der Waals surface area contributed by atoms with Gasteiger partial charge in [0, 0.05) is 6.54 Å². The number of alkyl halides is 3. The fraction of sp³-hybridized carbons (Fsp3) is 0.533. The maximum Gasteiger partial charge on any atom is 0.416 e. The highest BCUT2D eigenvalue weighted by molar-refractivity contribution is 5.70. The highest BCUT2D eigenvalue weighted by Crippen LogP contribution is 2.30. The summed E-state index contributed by atoms with van der Waals surface area (Å²) in [6, 6.07) is 5.01. The topological polar surface area (TPSA) is 63.3 Å². The minimum atomic E-state index is -4.34. The number of carboxylic acids is 1. The zero-order valence-corrected chi connectivity index (χ0v) is 11.9. The number of rotatable bonds is 7. The fourth-order valence-electron chi connectivity index (χ4n) is 2.26. The molecule has 0 aliphatic carbocycles. The van der Waals surface area contributed by atoms with Gasteiger partial charge in [-0.25, -0.2) is 0 Å². The van der Waals surface area contributed by atoms with Crippen molar-refractivity contribution < 1.29 is 23.1 Å². The van der Waals surface area contributed by atoms with Crippen molar-refractivity contribution in [1.82, 2.24) is 0 Å². The highest BCUT2D eigenvalue weighted by atomic mass is 19.4. The molecular formula is C15H20F3NO2. The molecule has 3 nitrogen and oxygen atoms in total. The van der Waals surface area contributed by atoms with Gasteiger partial charge in [-0.05, 0) is 36.5 Å². The Labute approximate surface area is 122 Å². The lowest BCUT2D eigenvalue weighted by molar-refractivity contribution is -0.142. The fourth-order valence-corrected chi connectivity index (χ4v) is 2.26. The minimum absolute atomic E-state index is 0.0683. The summed E-state index contributed by atoms with van der Waals surface area (Å²) in [4.78, 5) is 11.0. The molecule has 0 heterocycles. The largest absolute Gasteiger partial charge is 0.481 e. The molecule has 118 valence electrons. The number of carbonyl (C=O) groups is 1. The number of nitrogens with two attached hydrogens (primary N) is 1. The first-order valence-corrected chi connectivity index (χ1v) is 6.86. The van der Waals surface area contributed by atoms with Crippen molar-refractivity contribution in [2.45, 2.75) is 32.4 Å². The van der Waals surface area contributed by atoms with Crippen LogP contribution in [-0.4, -0.2) is 17.6 Å². The van der Waals surface area contributed by atoms with E-state index >= 15 is 0 Å². The summed E-state index contributed by atoms with van der Waals surface area (Å²) in [5.41, 5.74) is 5.53. The van der Waals surface area contributed by atoms with E-state index in [0.717, 1.165) is 24.1 Å². The molecule has 0 fully saturated rings. The summed E-state index contributed by atoms with van der Waals surface area (Å²) in [5.74, 6) is -1.45. The van der Waals surface area contributed by atoms with Crippen LogP contribution >= 0.6 is 0 Å². The van der Waals surface area contributed by atoms with E-state index in [9.17, 15) is 18.0 Å². The van der Waals surface area contributed by atoms with E-state index < -0.39 is 23.6 Å². The van der Waals surface area contributed by atoms with Gasteiger partial charge in [-0.15, -0.1) is 0 Å². The Morgan fingerprint density at radius 1 is 1.29 bits per heavy atom. The van der Waals surface area contributed by atoms with Crippen molar-refractivity contribution in [3.05, 3.63) is 35.4 Å². The van der Waals surface area contributed by atoms with Gasteiger partial charge < -0.3 is 10.8 Å². The molecule has 1 rings (SSSR count). The van der Waals surface area contributed by atoms with Crippen LogP contribution in [0.1, 0.15) is 30.9 Å². The maximum absolute atomic E-state index is 12.5. The first-order chi connectivity index (χ1) is 9.77. The molecule has 3 N–H and O–H groups in total. The Kier molecular flexibility index (Phi) is 6.20. The molecule has 0 saturated heterocycles. The number of carboxylic acid groups (broad SMARTS) is 1. The van der Waals surface area contributed by atoms with Crippen LogP contribution in [0.5, 0.6) is 0 Å². The average molecular weight is 303 g/mol. The first kappa shape index (κ1) is 17.5. The lowest BCUT2D eigenvalue weighted by Crippen LogP contribution is -2.26. The summed E-state index contributed by atoms with van der Waals surface area (Å²) < 4.78 is 37.4. The van der Waals surface area contributed by atoms with E-state index in [2.05, 4.69) is 0 Å². The average Bonchev–Trinajstić information content (AvgIpc) is 2.42. The molecule has 0 aromatic heterocycles. The van der Waals surface area contributed by atoms with Gasteiger partial charge in [0.2, 0.25) is 0 Å². The molecule has 0 aliphatic heterocycles. The molecular weight excluding hydrogens is 283 g/mol. The van der Waals surface area contributed by atoms with E-state index in [-0.39, 0.29) is 12.5 Å². The van der Waals surface area contributed by atoms with E-state index in [0.29, 0.717) is 12.8 Å². The van der Waals surface area contributed by atoms with E-state index in [1.54, 1.807) is 0 Å². The van der Waals surface area contributed by atoms with Gasteiger partial charge in [0.1, 0.15) is 0 Å². The standard InChI is InChI=1S/C15H20F3NO2/c1-2-10(8-12(9-19)14(20)21)7-11-3-5-13(6-4-11)15(16,17)18/h3-6,10,12H,2,7-9,19H2,1H3,(H,20,21)/t10-,12+/m1/s1. The molecule has 21 heavy (non-hydrogen) atoms. The summed E-state index contributed by atoms with van der Waals surface area (Å²) >= 11 is 0. The molecule has 0 bridgehead atoms. The van der Waals surface area contributed by atoms with E-state index in [1.807, 2.05) is 6.92 Å². The first-order valence-electron chi connectivity index (χ1n) is 6.86. The van der Waals surface area contributed by atoms with Gasteiger partial charge in [0.05, 0.1) is 11.5 Å². The molecule has 0 aliphatic rings. The molecule has 1 aromatic carbocycles. The van der Waals surface area contributed by atoms with Gasteiger partial charge in [-0.3, -0.25) is 4.79 Å². The number of halogens is 3. The predicted octanol–water partition coefficient (Wildman–Crippen LogP) is 3.32. The normalized spacial score (nSPS) is 14.7. The number of aliphatic carboxylic acids is 1. The van der Waals surface area contributed by atoms with Crippen LogP contribution in [0.25, 0.3) is 0 Å². The van der Waals surface area contributed by atoms with Crippen molar-refractivity contribution in [2.75, 3.05) is 6.54 Å². The second-order valence-corrected chi connectivity index (χ2v) is 5.18. The molecule has 0 spiro atoms. The summed E-state index contributed by atoms with van der Waals surface area (Å²) in [6.07, 6.45) is -2.59. The van der Waals surface area contributed by atoms with Crippen molar-refractivity contribution in [1.29, 1.82) is 0 Å². The van der Waals surface area contributed by atoms with Crippen molar-refractivity contribution in [2.24, 2.45) is 17.6 Å². The quantitative estimate of drug-likeness (QED) is 0.812. The third-order valence-corrected chi connectivity index (χ3v) is 3.63. The van der Waals surface area contributed by atoms with Gasteiger partial charge in [0.15, 0.2) is 0 Å². The zero-order valence-electron chi connectivity index (χ0n) is 11.9. The highest BCUT2D eigenvalue weighted by Gasteiger charge is 2.30. The van der Waals surface area contributed by atoms with Gasteiger partial charge in [-0.2, -0.15) is 13.2 Å². The maximum atomic E-state index is 12.5. The monoisotopic (exact) mass is 303 g/mol. The zero-order chi connectivity index (χ0) is 16.0. The van der Waals surface area contributed by atoms with E-state index in [1.165, 1.54) is 12.1 Å². The summed E-state index contributed by atoms with van der Waals surface area (Å²) in [7, 11) is 0. The van der Waals surface area contributed by atoms with Crippen LogP contribution in [0.2, 0.25) is 0 Å². The van der Waals surface area contributed by atoms with Crippen LogP contribution in [0.3, 0.4) is 0 Å². The van der Waals surface area contributed by atoms with Crippen LogP contribution in [-0.2, 0) is 17.4 Å². The molecule has 0 radical (unpaired) electrons. The molecule has 1 aromatic rings. The van der Waals surface area contributed by atoms with Gasteiger partial charge in [-0.1, -0.05) is 25.5 Å². The van der Waals surface area contributed by atoms with Gasteiger partial charge in [0.25, 0.3) is 0 Å². The smallest absolute Gasteiger partial charge is 0.416 e. The van der Waals surface area contributed by atoms with Gasteiger partial charge >= 0.3 is 12.1 Å². The minimum Gasteiger partial charge on any atom is -0.481 e. The number of hydrogen-bond acceptors (Lipinski definition) is 2. The van der Waals surface area contributed by atoms with E-state index in [4.69, 9.17) is 10.8 Å². The lowest BCUT2D eigenvalue weighted by atomic mass is 9.87. The van der Waals surface area contributed by atoms with Crippen molar-refractivity contribution in [3.8, 4) is 0 Å². The Hall–Kier alpha value is -1.56. The Balaban J connectivity index is 2.71. The van der Waals surface area contributed by atoms with Crippen LogP contribution in [0.4, 0.5) is 13.2 Å². The Morgan fingerprint density at radius 2 is 1.86 bits per heavy atom. The Morgan fingerprint density at radius 3 is 2.24 bits per heavy atom.